The number of nitrogens with one attached hydrogen (secondary N) is 1. The van der Waals surface area contributed by atoms with Crippen LogP contribution in [0.2, 0.25) is 0 Å². The van der Waals surface area contributed by atoms with Crippen molar-refractivity contribution in [3.63, 3.8) is 0 Å². The summed E-state index contributed by atoms with van der Waals surface area (Å²) >= 11 is 0. The van der Waals surface area contributed by atoms with Crippen LogP contribution in [0.4, 0.5) is 14.5 Å². The monoisotopic (exact) mass is 313 g/mol. The van der Waals surface area contributed by atoms with Crippen LogP contribution in [-0.4, -0.2) is 15.7 Å². The lowest BCUT2D eigenvalue weighted by Crippen LogP contribution is -2.04. The SMILES string of the molecule is Cn1ncc2ccc(CNc3ccccc3[C@H]3CC3(F)F)cc21. The minimum atomic E-state index is -2.55. The molecule has 0 amide bonds. The number of rotatable bonds is 4. The maximum Gasteiger partial charge on any atom is 0.256 e. The van der Waals surface area contributed by atoms with E-state index in [2.05, 4.69) is 16.5 Å². The van der Waals surface area contributed by atoms with Gasteiger partial charge in [0.1, 0.15) is 0 Å². The summed E-state index contributed by atoms with van der Waals surface area (Å²) in [6.45, 7) is 0.594. The average molecular weight is 313 g/mol. The normalized spacial score (nSPS) is 19.0. The summed E-state index contributed by atoms with van der Waals surface area (Å²) in [5, 5.41) is 8.62. The molecular formula is C18H17F2N3. The van der Waals surface area contributed by atoms with Crippen molar-refractivity contribution < 1.29 is 8.78 Å². The molecule has 1 aromatic heterocycles. The molecule has 118 valence electrons. The zero-order valence-electron chi connectivity index (χ0n) is 12.8. The van der Waals surface area contributed by atoms with Crippen LogP contribution in [0.1, 0.15) is 23.5 Å². The molecule has 3 aromatic rings. The fraction of sp³-hybridized carbons (Fsp3) is 0.278. The lowest BCUT2D eigenvalue weighted by molar-refractivity contribution is 0.112. The number of alkyl halides is 2. The van der Waals surface area contributed by atoms with Gasteiger partial charge in [-0.15, -0.1) is 0 Å². The molecule has 0 bridgehead atoms. The van der Waals surface area contributed by atoms with Gasteiger partial charge in [0.05, 0.1) is 17.6 Å². The number of hydrogen-bond acceptors (Lipinski definition) is 2. The first-order valence-electron chi connectivity index (χ1n) is 7.66. The fourth-order valence-electron chi connectivity index (χ4n) is 3.01. The van der Waals surface area contributed by atoms with Crippen LogP contribution in [0.3, 0.4) is 0 Å². The Bertz CT molecular complexity index is 870. The standard InChI is InChI=1S/C18H17F2N3/c1-23-17-8-12(6-7-13(17)11-22-23)10-21-16-5-3-2-4-14(16)15-9-18(15,19)20/h2-8,11,15,21H,9-10H2,1H3/t15-/m1/s1. The number of para-hydroxylation sites is 1. The van der Waals surface area contributed by atoms with E-state index in [4.69, 9.17) is 0 Å². The van der Waals surface area contributed by atoms with Gasteiger partial charge in [-0.3, -0.25) is 4.68 Å². The minimum Gasteiger partial charge on any atom is -0.381 e. The number of anilines is 1. The Kier molecular flexibility index (Phi) is 3.11. The van der Waals surface area contributed by atoms with E-state index < -0.39 is 11.8 Å². The summed E-state index contributed by atoms with van der Waals surface area (Å²) in [4.78, 5) is 0. The first-order chi connectivity index (χ1) is 11.0. The van der Waals surface area contributed by atoms with Crippen LogP contribution in [-0.2, 0) is 13.6 Å². The zero-order chi connectivity index (χ0) is 16.0. The molecule has 4 rings (SSSR count). The van der Waals surface area contributed by atoms with Crippen molar-refractivity contribution >= 4 is 16.6 Å². The zero-order valence-corrected chi connectivity index (χ0v) is 12.8. The molecule has 0 radical (unpaired) electrons. The van der Waals surface area contributed by atoms with Gasteiger partial charge in [0.2, 0.25) is 0 Å². The van der Waals surface area contributed by atoms with Gasteiger partial charge in [-0.1, -0.05) is 30.3 Å². The van der Waals surface area contributed by atoms with Gasteiger partial charge in [0.15, 0.2) is 0 Å². The van der Waals surface area contributed by atoms with Crippen LogP contribution >= 0.6 is 0 Å². The molecular weight excluding hydrogens is 296 g/mol. The van der Waals surface area contributed by atoms with Gasteiger partial charge >= 0.3 is 0 Å². The third-order valence-corrected chi connectivity index (χ3v) is 4.46. The van der Waals surface area contributed by atoms with Crippen molar-refractivity contribution in [2.24, 2.45) is 7.05 Å². The predicted octanol–water partition coefficient (Wildman–Crippen LogP) is 4.31. The second-order valence-electron chi connectivity index (χ2n) is 6.12. The maximum atomic E-state index is 13.4. The second kappa shape index (κ2) is 5.05. The minimum absolute atomic E-state index is 0.0489. The molecule has 0 unspecified atom stereocenters. The summed E-state index contributed by atoms with van der Waals surface area (Å²) in [6, 6.07) is 13.5. The fourth-order valence-corrected chi connectivity index (χ4v) is 3.01. The highest BCUT2D eigenvalue weighted by atomic mass is 19.3. The maximum absolute atomic E-state index is 13.4. The van der Waals surface area contributed by atoms with Gasteiger partial charge in [0, 0.05) is 31.1 Å². The first kappa shape index (κ1) is 14.2. The van der Waals surface area contributed by atoms with Crippen molar-refractivity contribution in [2.45, 2.75) is 24.8 Å². The molecule has 3 nitrogen and oxygen atoms in total. The second-order valence-corrected chi connectivity index (χ2v) is 6.12. The Morgan fingerprint density at radius 2 is 2.04 bits per heavy atom. The Morgan fingerprint density at radius 3 is 2.83 bits per heavy atom. The topological polar surface area (TPSA) is 29.9 Å². The van der Waals surface area contributed by atoms with Crippen LogP contribution in [0, 0.1) is 0 Å². The highest BCUT2D eigenvalue weighted by molar-refractivity contribution is 5.79. The Hall–Kier alpha value is -2.43. The van der Waals surface area contributed by atoms with Crippen LogP contribution in [0.15, 0.2) is 48.7 Å². The summed E-state index contributed by atoms with van der Waals surface area (Å²) in [7, 11) is 1.91. The third-order valence-electron chi connectivity index (χ3n) is 4.46. The van der Waals surface area contributed by atoms with Crippen LogP contribution in [0.5, 0.6) is 0 Å². The number of hydrogen-bond donors (Lipinski definition) is 1. The third kappa shape index (κ3) is 2.56. The molecule has 1 saturated carbocycles. The van der Waals surface area contributed by atoms with E-state index >= 15 is 0 Å². The van der Waals surface area contributed by atoms with Gasteiger partial charge in [0.25, 0.3) is 5.92 Å². The van der Waals surface area contributed by atoms with Crippen molar-refractivity contribution in [1.29, 1.82) is 0 Å². The number of halogens is 2. The van der Waals surface area contributed by atoms with E-state index in [0.29, 0.717) is 12.1 Å². The molecule has 1 aliphatic rings. The van der Waals surface area contributed by atoms with Crippen LogP contribution in [0.25, 0.3) is 10.9 Å². The van der Waals surface area contributed by atoms with E-state index in [-0.39, 0.29) is 6.42 Å². The van der Waals surface area contributed by atoms with Gasteiger partial charge in [-0.25, -0.2) is 8.78 Å². The smallest absolute Gasteiger partial charge is 0.256 e. The summed E-state index contributed by atoms with van der Waals surface area (Å²) < 4.78 is 28.6. The number of fused-ring (bicyclic) bond motifs is 1. The van der Waals surface area contributed by atoms with Crippen molar-refractivity contribution in [3.05, 3.63) is 59.8 Å². The Morgan fingerprint density at radius 1 is 1.26 bits per heavy atom. The molecule has 0 aliphatic heterocycles. The van der Waals surface area contributed by atoms with E-state index in [0.717, 1.165) is 22.2 Å². The molecule has 2 aromatic carbocycles. The van der Waals surface area contributed by atoms with Crippen molar-refractivity contribution in [3.8, 4) is 0 Å². The molecule has 23 heavy (non-hydrogen) atoms. The van der Waals surface area contributed by atoms with Crippen molar-refractivity contribution in [1.82, 2.24) is 9.78 Å². The molecule has 0 saturated heterocycles. The highest BCUT2D eigenvalue weighted by Crippen LogP contribution is 2.57. The van der Waals surface area contributed by atoms with Gasteiger partial charge < -0.3 is 5.32 Å². The van der Waals surface area contributed by atoms with E-state index in [9.17, 15) is 8.78 Å². The number of aryl methyl sites for hydroxylation is 1. The van der Waals surface area contributed by atoms with E-state index in [1.54, 1.807) is 6.07 Å². The Labute approximate surface area is 132 Å². The number of nitrogens with zero attached hydrogens (tertiary/aromatic N) is 2. The molecule has 1 heterocycles. The van der Waals surface area contributed by atoms with Crippen LogP contribution < -0.4 is 5.32 Å². The molecule has 1 aliphatic carbocycles. The Balaban J connectivity index is 1.55. The molecule has 5 heteroatoms. The summed E-state index contributed by atoms with van der Waals surface area (Å²) in [5.74, 6) is -3.20. The first-order valence-corrected chi connectivity index (χ1v) is 7.66. The predicted molar refractivity (Wildman–Crippen MR) is 86.8 cm³/mol. The summed E-state index contributed by atoms with van der Waals surface area (Å²) in [6.07, 6.45) is 1.78. The number of benzene rings is 2. The molecule has 1 N–H and O–H groups in total. The van der Waals surface area contributed by atoms with E-state index in [1.165, 1.54) is 0 Å². The number of aromatic nitrogens is 2. The van der Waals surface area contributed by atoms with E-state index in [1.807, 2.05) is 48.3 Å². The largest absolute Gasteiger partial charge is 0.381 e. The lowest BCUT2D eigenvalue weighted by Gasteiger charge is -2.12. The molecule has 1 fully saturated rings. The van der Waals surface area contributed by atoms with Gasteiger partial charge in [-0.2, -0.15) is 5.10 Å². The highest BCUT2D eigenvalue weighted by Gasteiger charge is 2.58. The average Bonchev–Trinajstić information content (AvgIpc) is 3.03. The molecule has 0 spiro atoms. The quantitative estimate of drug-likeness (QED) is 0.778. The van der Waals surface area contributed by atoms with Gasteiger partial charge in [-0.05, 0) is 23.3 Å². The molecule has 1 atom stereocenters. The summed E-state index contributed by atoms with van der Waals surface area (Å²) in [5.41, 5.74) is 3.66. The van der Waals surface area contributed by atoms with Crippen molar-refractivity contribution in [2.75, 3.05) is 5.32 Å². The lowest BCUT2D eigenvalue weighted by atomic mass is 10.1.